The number of ether oxygens (including phenoxy) is 1. The Hall–Kier alpha value is -1.89. The van der Waals surface area contributed by atoms with Crippen molar-refractivity contribution in [3.05, 3.63) is 16.2 Å². The summed E-state index contributed by atoms with van der Waals surface area (Å²) in [6.07, 6.45) is 7.66. The summed E-state index contributed by atoms with van der Waals surface area (Å²) in [6, 6.07) is 0.434. The molecule has 7 nitrogen and oxygen atoms in total. The molecule has 2 fully saturated rings. The van der Waals surface area contributed by atoms with Crippen LogP contribution >= 0.6 is 0 Å². The summed E-state index contributed by atoms with van der Waals surface area (Å²) in [5.41, 5.74) is 0.972. The van der Waals surface area contributed by atoms with E-state index >= 15 is 0 Å². The monoisotopic (exact) mass is 359 g/mol. The van der Waals surface area contributed by atoms with E-state index in [4.69, 9.17) is 4.74 Å². The predicted octanol–water partition coefficient (Wildman–Crippen LogP) is 2.66. The number of H-pyrrole nitrogens is 1. The topological polar surface area (TPSA) is 76.0 Å². The molecule has 3 heterocycles. The third kappa shape index (κ3) is 3.37. The van der Waals surface area contributed by atoms with Crippen molar-refractivity contribution in [3.8, 4) is 6.01 Å². The minimum atomic E-state index is -0.0588. The first-order chi connectivity index (χ1) is 12.7. The molecule has 0 atom stereocenters. The summed E-state index contributed by atoms with van der Waals surface area (Å²) in [7, 11) is 2.13. The highest BCUT2D eigenvalue weighted by atomic mass is 16.5. The van der Waals surface area contributed by atoms with Gasteiger partial charge in [-0.2, -0.15) is 4.98 Å². The summed E-state index contributed by atoms with van der Waals surface area (Å²) in [5, 5.41) is 0. The fourth-order valence-electron chi connectivity index (χ4n) is 4.14. The first-order valence-electron chi connectivity index (χ1n) is 10.0. The number of aromatic nitrogens is 4. The van der Waals surface area contributed by atoms with Crippen molar-refractivity contribution in [1.82, 2.24) is 24.4 Å². The molecule has 0 amide bonds. The van der Waals surface area contributed by atoms with Crippen LogP contribution in [0.4, 0.5) is 0 Å². The number of fused-ring (bicyclic) bond motifs is 1. The Kier molecular flexibility index (Phi) is 4.98. The van der Waals surface area contributed by atoms with Gasteiger partial charge in [0.15, 0.2) is 11.2 Å². The van der Waals surface area contributed by atoms with Crippen LogP contribution in [-0.2, 0) is 6.54 Å². The van der Waals surface area contributed by atoms with Gasteiger partial charge in [-0.25, -0.2) is 4.98 Å². The zero-order chi connectivity index (χ0) is 18.1. The number of hydrogen-bond acceptors (Lipinski definition) is 5. The lowest BCUT2D eigenvalue weighted by Gasteiger charge is -2.29. The van der Waals surface area contributed by atoms with Gasteiger partial charge >= 0.3 is 6.01 Å². The summed E-state index contributed by atoms with van der Waals surface area (Å²) in [5.74, 6) is 1.35. The van der Waals surface area contributed by atoms with Crippen LogP contribution in [0.1, 0.15) is 63.6 Å². The number of hydrogen-bond donors (Lipinski definition) is 1. The second-order valence-corrected chi connectivity index (χ2v) is 7.77. The quantitative estimate of drug-likeness (QED) is 0.888. The minimum Gasteiger partial charge on any atom is -0.461 e. The molecule has 2 aliphatic rings. The molecule has 26 heavy (non-hydrogen) atoms. The Labute approximate surface area is 153 Å². The average molecular weight is 359 g/mol. The Balaban J connectivity index is 1.68. The van der Waals surface area contributed by atoms with Gasteiger partial charge < -0.3 is 14.6 Å². The molecule has 1 N–H and O–H groups in total. The Morgan fingerprint density at radius 1 is 1.15 bits per heavy atom. The van der Waals surface area contributed by atoms with Gasteiger partial charge in [0.1, 0.15) is 11.9 Å². The molecular weight excluding hydrogens is 330 g/mol. The standard InChI is InChI=1S/C19H29N5O2/c1-3-10-24-18(25)15-17(21-16(20-15)13-6-4-5-7-13)22-19(24)26-14-8-11-23(2)12-9-14/h13-14H,3-12H2,1-2H3,(H,20,21). The molecule has 4 rings (SSSR count). The molecule has 1 saturated heterocycles. The maximum atomic E-state index is 13.0. The SMILES string of the molecule is CCCn1c(OC2CCN(C)CC2)nc2nc(C3CCCC3)[nH]c2c1=O. The zero-order valence-electron chi connectivity index (χ0n) is 15.8. The smallest absolute Gasteiger partial charge is 0.301 e. The maximum absolute atomic E-state index is 13.0. The zero-order valence-corrected chi connectivity index (χ0v) is 15.8. The maximum Gasteiger partial charge on any atom is 0.301 e. The highest BCUT2D eigenvalue weighted by Gasteiger charge is 2.25. The largest absolute Gasteiger partial charge is 0.461 e. The van der Waals surface area contributed by atoms with Crippen LogP contribution < -0.4 is 10.3 Å². The van der Waals surface area contributed by atoms with Gasteiger partial charge in [-0.1, -0.05) is 19.8 Å². The fraction of sp³-hybridized carbons (Fsp3) is 0.737. The van der Waals surface area contributed by atoms with Crippen LogP contribution in [-0.4, -0.2) is 50.7 Å². The average Bonchev–Trinajstić information content (AvgIpc) is 3.29. The van der Waals surface area contributed by atoms with E-state index in [1.807, 2.05) is 0 Å². The number of rotatable bonds is 5. The van der Waals surface area contributed by atoms with Crippen molar-refractivity contribution in [3.63, 3.8) is 0 Å². The van der Waals surface area contributed by atoms with E-state index < -0.39 is 0 Å². The Bertz CT molecular complexity index is 813. The summed E-state index contributed by atoms with van der Waals surface area (Å²) in [6.45, 7) is 4.70. The molecule has 1 aliphatic carbocycles. The predicted molar refractivity (Wildman–Crippen MR) is 101 cm³/mol. The summed E-state index contributed by atoms with van der Waals surface area (Å²) < 4.78 is 7.86. The molecule has 0 unspecified atom stereocenters. The molecule has 1 aliphatic heterocycles. The van der Waals surface area contributed by atoms with Crippen molar-refractivity contribution in [1.29, 1.82) is 0 Å². The van der Waals surface area contributed by atoms with Crippen LogP contribution in [0.25, 0.3) is 11.2 Å². The molecule has 0 bridgehead atoms. The highest BCUT2D eigenvalue weighted by molar-refractivity contribution is 5.70. The van der Waals surface area contributed by atoms with Gasteiger partial charge in [0, 0.05) is 25.6 Å². The van der Waals surface area contributed by atoms with E-state index in [2.05, 4.69) is 33.8 Å². The molecule has 2 aromatic rings. The summed E-state index contributed by atoms with van der Waals surface area (Å²) >= 11 is 0. The van der Waals surface area contributed by atoms with Gasteiger partial charge in [-0.05, 0) is 39.2 Å². The van der Waals surface area contributed by atoms with Crippen molar-refractivity contribution in [2.24, 2.45) is 0 Å². The number of imidazole rings is 1. The van der Waals surface area contributed by atoms with Crippen LogP contribution in [0.3, 0.4) is 0 Å². The van der Waals surface area contributed by atoms with E-state index in [1.165, 1.54) is 12.8 Å². The number of nitrogens with one attached hydrogen (secondary N) is 1. The molecule has 142 valence electrons. The molecule has 0 spiro atoms. The molecule has 0 aromatic carbocycles. The number of aromatic amines is 1. The van der Waals surface area contributed by atoms with Crippen LogP contribution in [0.5, 0.6) is 6.01 Å². The third-order valence-electron chi connectivity index (χ3n) is 5.72. The van der Waals surface area contributed by atoms with Gasteiger partial charge in [-0.15, -0.1) is 0 Å². The lowest BCUT2D eigenvalue weighted by Crippen LogP contribution is -2.37. The Morgan fingerprint density at radius 3 is 2.58 bits per heavy atom. The van der Waals surface area contributed by atoms with Crippen LogP contribution in [0.15, 0.2) is 4.79 Å². The fourth-order valence-corrected chi connectivity index (χ4v) is 4.14. The van der Waals surface area contributed by atoms with E-state index in [0.717, 1.165) is 51.0 Å². The second-order valence-electron chi connectivity index (χ2n) is 7.77. The molecule has 0 radical (unpaired) electrons. The first kappa shape index (κ1) is 17.5. The lowest BCUT2D eigenvalue weighted by atomic mass is 10.1. The minimum absolute atomic E-state index is 0.0588. The number of likely N-dealkylation sites (tertiary alicyclic amines) is 1. The van der Waals surface area contributed by atoms with Gasteiger partial charge in [0.2, 0.25) is 0 Å². The van der Waals surface area contributed by atoms with Gasteiger partial charge in [0.05, 0.1) is 0 Å². The van der Waals surface area contributed by atoms with Gasteiger partial charge in [0.25, 0.3) is 5.56 Å². The van der Waals surface area contributed by atoms with Gasteiger partial charge in [-0.3, -0.25) is 9.36 Å². The third-order valence-corrected chi connectivity index (χ3v) is 5.72. The number of piperidine rings is 1. The van der Waals surface area contributed by atoms with E-state index in [-0.39, 0.29) is 11.7 Å². The molecule has 2 aromatic heterocycles. The van der Waals surface area contributed by atoms with Crippen molar-refractivity contribution in [2.45, 2.75) is 70.4 Å². The Morgan fingerprint density at radius 2 is 1.88 bits per heavy atom. The highest BCUT2D eigenvalue weighted by Crippen LogP contribution is 2.33. The lowest BCUT2D eigenvalue weighted by molar-refractivity contribution is 0.0994. The van der Waals surface area contributed by atoms with Crippen molar-refractivity contribution in [2.75, 3.05) is 20.1 Å². The van der Waals surface area contributed by atoms with E-state index in [0.29, 0.717) is 29.6 Å². The van der Waals surface area contributed by atoms with E-state index in [9.17, 15) is 4.79 Å². The summed E-state index contributed by atoms with van der Waals surface area (Å²) in [4.78, 5) is 27.9. The van der Waals surface area contributed by atoms with Crippen LogP contribution in [0, 0.1) is 0 Å². The first-order valence-corrected chi connectivity index (χ1v) is 10.0. The molecule has 7 heteroatoms. The van der Waals surface area contributed by atoms with Crippen molar-refractivity contribution >= 4 is 11.2 Å². The van der Waals surface area contributed by atoms with Crippen molar-refractivity contribution < 1.29 is 4.74 Å². The van der Waals surface area contributed by atoms with Crippen LogP contribution in [0.2, 0.25) is 0 Å². The molecule has 1 saturated carbocycles. The normalized spacial score (nSPS) is 20.2. The number of nitrogens with zero attached hydrogens (tertiary/aromatic N) is 4. The second kappa shape index (κ2) is 7.39. The molecular formula is C19H29N5O2. The van der Waals surface area contributed by atoms with E-state index in [1.54, 1.807) is 4.57 Å².